The van der Waals surface area contributed by atoms with Crippen LogP contribution in [0, 0.1) is 0 Å². The fourth-order valence-corrected chi connectivity index (χ4v) is 1.68. The van der Waals surface area contributed by atoms with Gasteiger partial charge in [0.1, 0.15) is 5.75 Å². The second kappa shape index (κ2) is 4.00. The Morgan fingerprint density at radius 1 is 1.38 bits per heavy atom. The van der Waals surface area contributed by atoms with E-state index in [-0.39, 0.29) is 5.78 Å². The highest BCUT2D eigenvalue weighted by atomic mass is 16.5. The summed E-state index contributed by atoms with van der Waals surface area (Å²) in [6.07, 6.45) is 2.59. The van der Waals surface area contributed by atoms with E-state index in [0.29, 0.717) is 5.76 Å². The van der Waals surface area contributed by atoms with E-state index in [4.69, 9.17) is 4.74 Å². The molecule has 3 heteroatoms. The van der Waals surface area contributed by atoms with Crippen LogP contribution in [0.3, 0.4) is 0 Å². The fraction of sp³-hybridized carbons (Fsp3) is 0.308. The van der Waals surface area contributed by atoms with Gasteiger partial charge >= 0.3 is 0 Å². The average molecular weight is 217 g/mol. The Morgan fingerprint density at radius 2 is 2.12 bits per heavy atom. The van der Waals surface area contributed by atoms with E-state index in [1.54, 1.807) is 0 Å². The minimum Gasteiger partial charge on any atom is -0.454 e. The number of benzene rings is 1. The summed E-state index contributed by atoms with van der Waals surface area (Å²) in [5.74, 6) is 1.21. The van der Waals surface area contributed by atoms with E-state index in [9.17, 15) is 4.79 Å². The zero-order chi connectivity index (χ0) is 11.7. The van der Waals surface area contributed by atoms with Crippen molar-refractivity contribution in [3.8, 4) is 5.75 Å². The quantitative estimate of drug-likeness (QED) is 0.760. The zero-order valence-corrected chi connectivity index (χ0v) is 9.78. The van der Waals surface area contributed by atoms with Gasteiger partial charge in [-0.15, -0.1) is 0 Å². The smallest absolute Gasteiger partial charge is 0.194 e. The van der Waals surface area contributed by atoms with Gasteiger partial charge in [-0.05, 0) is 30.7 Å². The molecule has 0 aromatic heterocycles. The molecule has 0 aliphatic carbocycles. The molecule has 0 N–H and O–H groups in total. The number of ether oxygens (including phenoxy) is 1. The number of ketones is 1. The summed E-state index contributed by atoms with van der Waals surface area (Å²) in [4.78, 5) is 13.2. The van der Waals surface area contributed by atoms with Gasteiger partial charge in [-0.2, -0.15) is 0 Å². The Morgan fingerprint density at radius 3 is 2.75 bits per heavy atom. The number of Topliss-reactive ketones (excluding diaryl/α,β-unsaturated/α-hetero) is 1. The maximum atomic E-state index is 11.2. The van der Waals surface area contributed by atoms with E-state index in [1.165, 1.54) is 6.92 Å². The third-order valence-electron chi connectivity index (χ3n) is 2.63. The third kappa shape index (κ3) is 1.94. The topological polar surface area (TPSA) is 29.5 Å². The van der Waals surface area contributed by atoms with Crippen molar-refractivity contribution in [3.05, 3.63) is 35.6 Å². The van der Waals surface area contributed by atoms with E-state index < -0.39 is 0 Å². The summed E-state index contributed by atoms with van der Waals surface area (Å²) in [5.41, 5.74) is 2.26. The first kappa shape index (κ1) is 10.7. The van der Waals surface area contributed by atoms with Crippen LogP contribution in [0.5, 0.6) is 5.75 Å². The number of anilines is 1. The summed E-state index contributed by atoms with van der Waals surface area (Å²) in [6, 6.07) is 5.99. The van der Waals surface area contributed by atoms with Crippen LogP contribution < -0.4 is 9.64 Å². The minimum atomic E-state index is -0.0256. The van der Waals surface area contributed by atoms with Gasteiger partial charge in [0.15, 0.2) is 11.5 Å². The predicted octanol–water partition coefficient (Wildman–Crippen LogP) is 2.16. The molecule has 1 aliphatic rings. The lowest BCUT2D eigenvalue weighted by Crippen LogP contribution is -2.13. The summed E-state index contributed by atoms with van der Waals surface area (Å²) in [6.45, 7) is 1.52. The number of hydrogen-bond acceptors (Lipinski definition) is 3. The average Bonchev–Trinajstić information content (AvgIpc) is 2.27. The van der Waals surface area contributed by atoms with Crippen molar-refractivity contribution in [3.63, 3.8) is 0 Å². The van der Waals surface area contributed by atoms with Gasteiger partial charge in [-0.3, -0.25) is 4.79 Å². The number of allylic oxidation sites excluding steroid dienone is 2. The molecule has 2 rings (SSSR count). The van der Waals surface area contributed by atoms with Crippen LogP contribution in [0.2, 0.25) is 0 Å². The first-order valence-electron chi connectivity index (χ1n) is 5.27. The van der Waals surface area contributed by atoms with Crippen LogP contribution in [0.1, 0.15) is 12.5 Å². The van der Waals surface area contributed by atoms with Crippen LogP contribution in [0.4, 0.5) is 5.69 Å². The summed E-state index contributed by atoms with van der Waals surface area (Å²) in [7, 11) is 4.00. The van der Waals surface area contributed by atoms with Gasteiger partial charge < -0.3 is 9.64 Å². The molecule has 0 amide bonds. The van der Waals surface area contributed by atoms with E-state index in [0.717, 1.165) is 23.4 Å². The largest absolute Gasteiger partial charge is 0.454 e. The normalized spacial score (nSPS) is 13.6. The van der Waals surface area contributed by atoms with E-state index in [1.807, 2.05) is 37.2 Å². The van der Waals surface area contributed by atoms with Crippen LogP contribution >= 0.6 is 0 Å². The lowest BCUT2D eigenvalue weighted by Gasteiger charge is -2.19. The minimum absolute atomic E-state index is 0.0256. The van der Waals surface area contributed by atoms with Gasteiger partial charge in [0.2, 0.25) is 0 Å². The third-order valence-corrected chi connectivity index (χ3v) is 2.63. The fourth-order valence-electron chi connectivity index (χ4n) is 1.68. The number of nitrogens with zero attached hydrogens (tertiary/aromatic N) is 1. The van der Waals surface area contributed by atoms with Gasteiger partial charge in [0.25, 0.3) is 0 Å². The number of rotatable bonds is 2. The van der Waals surface area contributed by atoms with Gasteiger partial charge in [-0.1, -0.05) is 0 Å². The van der Waals surface area contributed by atoms with Crippen LogP contribution in [0.25, 0.3) is 0 Å². The van der Waals surface area contributed by atoms with Crippen molar-refractivity contribution in [2.75, 3.05) is 19.0 Å². The predicted molar refractivity (Wildman–Crippen MR) is 63.9 cm³/mol. The molecule has 16 heavy (non-hydrogen) atoms. The maximum Gasteiger partial charge on any atom is 0.194 e. The van der Waals surface area contributed by atoms with Crippen LogP contribution in [-0.2, 0) is 11.2 Å². The van der Waals surface area contributed by atoms with E-state index in [2.05, 4.69) is 6.07 Å². The van der Waals surface area contributed by atoms with Gasteiger partial charge in [-0.25, -0.2) is 0 Å². The molecule has 1 aliphatic heterocycles. The van der Waals surface area contributed by atoms with Crippen molar-refractivity contribution in [2.24, 2.45) is 0 Å². The monoisotopic (exact) mass is 217 g/mol. The molecule has 0 saturated heterocycles. The number of hydrogen-bond donors (Lipinski definition) is 0. The van der Waals surface area contributed by atoms with Crippen LogP contribution in [0.15, 0.2) is 30.0 Å². The molecule has 0 spiro atoms. The number of carbonyl (C=O) groups is 1. The molecule has 1 aromatic carbocycles. The van der Waals surface area contributed by atoms with Crippen molar-refractivity contribution in [1.29, 1.82) is 0 Å². The van der Waals surface area contributed by atoms with Crippen molar-refractivity contribution < 1.29 is 9.53 Å². The summed E-state index contributed by atoms with van der Waals surface area (Å²) in [5, 5.41) is 0. The Kier molecular flexibility index (Phi) is 2.69. The van der Waals surface area contributed by atoms with Gasteiger partial charge in [0, 0.05) is 32.3 Å². The number of carbonyl (C=O) groups excluding carboxylic acids is 1. The molecule has 0 fully saturated rings. The summed E-state index contributed by atoms with van der Waals surface area (Å²) < 4.78 is 5.52. The molecular weight excluding hydrogens is 202 g/mol. The molecule has 1 aromatic rings. The Hall–Kier alpha value is -1.77. The second-order valence-electron chi connectivity index (χ2n) is 4.12. The van der Waals surface area contributed by atoms with Crippen LogP contribution in [-0.4, -0.2) is 19.9 Å². The van der Waals surface area contributed by atoms with Gasteiger partial charge in [0.05, 0.1) is 0 Å². The first-order valence-corrected chi connectivity index (χ1v) is 5.27. The molecule has 0 atom stereocenters. The standard InChI is InChI=1S/C13H15NO2/c1-9(15)12-6-4-10-8-11(14(2)3)5-7-13(10)16-12/h5-8H,4H2,1-3H3. The molecule has 0 unspecified atom stereocenters. The first-order chi connectivity index (χ1) is 7.58. The lowest BCUT2D eigenvalue weighted by atomic mass is 10.1. The van der Waals surface area contributed by atoms with Crippen molar-refractivity contribution in [1.82, 2.24) is 0 Å². The lowest BCUT2D eigenvalue weighted by molar-refractivity contribution is -0.115. The van der Waals surface area contributed by atoms with Crippen molar-refractivity contribution >= 4 is 11.5 Å². The SMILES string of the molecule is CC(=O)C1=CCc2cc(N(C)C)ccc2O1. The Bertz CT molecular complexity index is 461. The molecule has 0 saturated carbocycles. The molecular formula is C13H15NO2. The Balaban J connectivity index is 2.31. The van der Waals surface area contributed by atoms with Crippen molar-refractivity contribution in [2.45, 2.75) is 13.3 Å². The second-order valence-corrected chi connectivity index (χ2v) is 4.12. The molecule has 84 valence electrons. The summed E-state index contributed by atoms with van der Waals surface area (Å²) >= 11 is 0. The highest BCUT2D eigenvalue weighted by molar-refractivity contribution is 5.92. The highest BCUT2D eigenvalue weighted by Gasteiger charge is 2.15. The number of fused-ring (bicyclic) bond motifs is 1. The maximum absolute atomic E-state index is 11.2. The molecule has 0 radical (unpaired) electrons. The van der Waals surface area contributed by atoms with E-state index >= 15 is 0 Å². The highest BCUT2D eigenvalue weighted by Crippen LogP contribution is 2.29. The zero-order valence-electron chi connectivity index (χ0n) is 9.78. The Labute approximate surface area is 95.3 Å². The molecule has 3 nitrogen and oxygen atoms in total. The molecule has 1 heterocycles. The molecule has 0 bridgehead atoms.